The molecule has 0 spiro atoms. The fourth-order valence-electron chi connectivity index (χ4n) is 2.85. The van der Waals surface area contributed by atoms with Gasteiger partial charge in [0.05, 0.1) is 24.0 Å². The molecule has 1 amide bonds. The third-order valence-corrected chi connectivity index (χ3v) is 5.00. The average molecular weight is 385 g/mol. The van der Waals surface area contributed by atoms with E-state index in [2.05, 4.69) is 22.4 Å². The van der Waals surface area contributed by atoms with E-state index in [4.69, 9.17) is 4.42 Å². The molecule has 1 atom stereocenters. The lowest BCUT2D eigenvalue weighted by molar-refractivity contribution is -0.123. The fourth-order valence-corrected chi connectivity index (χ4v) is 3.50. The Morgan fingerprint density at radius 2 is 2.04 bits per heavy atom. The van der Waals surface area contributed by atoms with Crippen LogP contribution in [0.2, 0.25) is 0 Å². The van der Waals surface area contributed by atoms with Crippen LogP contribution in [0.25, 0.3) is 10.8 Å². The van der Waals surface area contributed by atoms with Crippen molar-refractivity contribution in [3.05, 3.63) is 59.3 Å². The van der Waals surface area contributed by atoms with Gasteiger partial charge in [-0.2, -0.15) is 0 Å². The molecule has 2 heterocycles. The van der Waals surface area contributed by atoms with Gasteiger partial charge in [0.2, 0.25) is 11.8 Å². The number of benzene rings is 1. The molecule has 2 aromatic heterocycles. The van der Waals surface area contributed by atoms with E-state index in [1.54, 1.807) is 11.3 Å². The van der Waals surface area contributed by atoms with Gasteiger partial charge in [-0.3, -0.25) is 9.69 Å². The first-order valence-electron chi connectivity index (χ1n) is 9.08. The Kier molecular flexibility index (Phi) is 6.73. The van der Waals surface area contributed by atoms with Crippen LogP contribution >= 0.6 is 11.3 Å². The normalized spacial score (nSPS) is 12.3. The molecule has 1 N–H and O–H groups in total. The summed E-state index contributed by atoms with van der Waals surface area (Å²) < 4.78 is 5.75. The van der Waals surface area contributed by atoms with Crippen LogP contribution < -0.4 is 5.32 Å². The summed E-state index contributed by atoms with van der Waals surface area (Å²) in [5.41, 5.74) is 1.09. The summed E-state index contributed by atoms with van der Waals surface area (Å²) in [6.45, 7) is 5.61. The molecular weight excluding hydrogens is 360 g/mol. The van der Waals surface area contributed by atoms with E-state index >= 15 is 0 Å². The molecule has 0 radical (unpaired) electrons. The van der Waals surface area contributed by atoms with E-state index in [0.29, 0.717) is 24.9 Å². The molecular formula is C20H24N4O2S. The largest absolute Gasteiger partial charge is 0.419 e. The predicted molar refractivity (Wildman–Crippen MR) is 106 cm³/mol. The highest BCUT2D eigenvalue weighted by atomic mass is 32.1. The van der Waals surface area contributed by atoms with Crippen LogP contribution in [0.4, 0.5) is 0 Å². The molecule has 0 unspecified atom stereocenters. The molecule has 27 heavy (non-hydrogen) atoms. The minimum atomic E-state index is -0.0315. The molecule has 142 valence electrons. The van der Waals surface area contributed by atoms with Crippen molar-refractivity contribution in [3.63, 3.8) is 0 Å². The van der Waals surface area contributed by atoms with Crippen molar-refractivity contribution >= 4 is 17.2 Å². The Hall–Kier alpha value is -2.51. The first kappa shape index (κ1) is 19.3. The highest BCUT2D eigenvalue weighted by molar-refractivity contribution is 7.13. The summed E-state index contributed by atoms with van der Waals surface area (Å²) in [7, 11) is 0. The van der Waals surface area contributed by atoms with Crippen molar-refractivity contribution in [2.24, 2.45) is 0 Å². The molecule has 0 aliphatic rings. The van der Waals surface area contributed by atoms with Gasteiger partial charge in [0.1, 0.15) is 0 Å². The molecule has 3 aromatic rings. The summed E-state index contributed by atoms with van der Waals surface area (Å²) >= 11 is 1.56. The second-order valence-electron chi connectivity index (χ2n) is 6.39. The molecule has 0 saturated carbocycles. The first-order chi connectivity index (χ1) is 13.2. The van der Waals surface area contributed by atoms with Gasteiger partial charge in [-0.15, -0.1) is 21.5 Å². The lowest BCUT2D eigenvalue weighted by Crippen LogP contribution is -2.38. The van der Waals surface area contributed by atoms with Crippen LogP contribution in [0.15, 0.2) is 52.3 Å². The molecule has 0 saturated heterocycles. The zero-order chi connectivity index (χ0) is 19.1. The Morgan fingerprint density at radius 1 is 1.22 bits per heavy atom. The minimum Gasteiger partial charge on any atom is -0.419 e. The number of amides is 1. The van der Waals surface area contributed by atoms with Crippen LogP contribution in [0.3, 0.4) is 0 Å². The Bertz CT molecular complexity index is 833. The molecule has 0 fully saturated rings. The Morgan fingerprint density at radius 3 is 2.74 bits per heavy atom. The number of hydrogen-bond acceptors (Lipinski definition) is 6. The molecule has 3 rings (SSSR count). The van der Waals surface area contributed by atoms with Gasteiger partial charge in [-0.05, 0) is 36.9 Å². The molecule has 6 nitrogen and oxygen atoms in total. The fraction of sp³-hybridized carbons (Fsp3) is 0.350. The van der Waals surface area contributed by atoms with Gasteiger partial charge >= 0.3 is 0 Å². The maximum absolute atomic E-state index is 12.5. The van der Waals surface area contributed by atoms with E-state index < -0.39 is 0 Å². The van der Waals surface area contributed by atoms with Crippen LogP contribution in [0.5, 0.6) is 0 Å². The van der Waals surface area contributed by atoms with Crippen LogP contribution in [0.1, 0.15) is 37.8 Å². The zero-order valence-corrected chi connectivity index (χ0v) is 16.4. The lowest BCUT2D eigenvalue weighted by Gasteiger charge is -2.21. The summed E-state index contributed by atoms with van der Waals surface area (Å²) in [6, 6.07) is 13.8. The van der Waals surface area contributed by atoms with Crippen LogP contribution in [0, 0.1) is 0 Å². The Balaban J connectivity index is 1.58. The van der Waals surface area contributed by atoms with E-state index in [-0.39, 0.29) is 11.9 Å². The van der Waals surface area contributed by atoms with Gasteiger partial charge in [-0.25, -0.2) is 0 Å². The second kappa shape index (κ2) is 9.43. The molecule has 0 bridgehead atoms. The maximum Gasteiger partial charge on any atom is 0.257 e. The number of carbonyl (C=O) groups excluding carboxylic acids is 1. The van der Waals surface area contributed by atoms with Crippen molar-refractivity contribution < 1.29 is 9.21 Å². The van der Waals surface area contributed by atoms with E-state index in [9.17, 15) is 4.79 Å². The van der Waals surface area contributed by atoms with Crippen molar-refractivity contribution in [2.45, 2.75) is 32.9 Å². The summed E-state index contributed by atoms with van der Waals surface area (Å²) in [5, 5.41) is 13.3. The third kappa shape index (κ3) is 5.48. The smallest absolute Gasteiger partial charge is 0.257 e. The number of thiophene rings is 1. The van der Waals surface area contributed by atoms with Gasteiger partial charge in [0.25, 0.3) is 5.89 Å². The quantitative estimate of drug-likeness (QED) is 0.606. The number of carbonyl (C=O) groups is 1. The van der Waals surface area contributed by atoms with Crippen molar-refractivity contribution in [1.82, 2.24) is 20.4 Å². The number of rotatable bonds is 9. The standard InChI is InChI=1S/C20H24N4O2S/c1-3-11-24(13-18(25)21-15(2)16-8-5-4-6-9-16)14-19-22-23-20(26-19)17-10-7-12-27-17/h4-10,12,15H,3,11,13-14H2,1-2H3,(H,21,25)/t15-/m1/s1. The molecule has 7 heteroatoms. The van der Waals surface area contributed by atoms with Crippen molar-refractivity contribution in [2.75, 3.05) is 13.1 Å². The van der Waals surface area contributed by atoms with E-state index in [1.807, 2.05) is 59.7 Å². The first-order valence-corrected chi connectivity index (χ1v) is 9.96. The summed E-state index contributed by atoms with van der Waals surface area (Å²) in [5.74, 6) is 1.03. The average Bonchev–Trinajstić information content (AvgIpc) is 3.34. The zero-order valence-electron chi connectivity index (χ0n) is 15.6. The number of nitrogens with one attached hydrogen (secondary N) is 1. The third-order valence-electron chi connectivity index (χ3n) is 4.14. The molecule has 0 aliphatic heterocycles. The maximum atomic E-state index is 12.5. The second-order valence-corrected chi connectivity index (χ2v) is 7.34. The van der Waals surface area contributed by atoms with Gasteiger partial charge in [0.15, 0.2) is 0 Å². The highest BCUT2D eigenvalue weighted by Gasteiger charge is 2.17. The molecule has 0 aliphatic carbocycles. The van der Waals surface area contributed by atoms with Crippen LogP contribution in [-0.4, -0.2) is 34.1 Å². The highest BCUT2D eigenvalue weighted by Crippen LogP contribution is 2.23. The van der Waals surface area contributed by atoms with Crippen LogP contribution in [-0.2, 0) is 11.3 Å². The monoisotopic (exact) mass is 384 g/mol. The van der Waals surface area contributed by atoms with Gasteiger partial charge < -0.3 is 9.73 Å². The SMILES string of the molecule is CCCN(CC(=O)N[C@H](C)c1ccccc1)Cc1nnc(-c2cccs2)o1. The lowest BCUT2D eigenvalue weighted by atomic mass is 10.1. The van der Waals surface area contributed by atoms with Gasteiger partial charge in [-0.1, -0.05) is 43.3 Å². The summed E-state index contributed by atoms with van der Waals surface area (Å²) in [4.78, 5) is 15.5. The Labute approximate surface area is 163 Å². The molecule has 1 aromatic carbocycles. The minimum absolute atomic E-state index is 0.0159. The van der Waals surface area contributed by atoms with Crippen molar-refractivity contribution in [1.29, 1.82) is 0 Å². The number of nitrogens with zero attached hydrogens (tertiary/aromatic N) is 3. The van der Waals surface area contributed by atoms with E-state index in [0.717, 1.165) is 23.4 Å². The van der Waals surface area contributed by atoms with E-state index in [1.165, 1.54) is 0 Å². The number of aromatic nitrogens is 2. The predicted octanol–water partition coefficient (Wildman–Crippen LogP) is 3.89. The summed E-state index contributed by atoms with van der Waals surface area (Å²) in [6.07, 6.45) is 0.938. The number of hydrogen-bond donors (Lipinski definition) is 1. The van der Waals surface area contributed by atoms with Crippen molar-refractivity contribution in [3.8, 4) is 10.8 Å². The topological polar surface area (TPSA) is 71.3 Å². The van der Waals surface area contributed by atoms with Gasteiger partial charge in [0, 0.05) is 0 Å².